The molecule has 5 rings (SSSR count). The van der Waals surface area contributed by atoms with Gasteiger partial charge in [-0.3, -0.25) is 0 Å². The van der Waals surface area contributed by atoms with Crippen LogP contribution in [0.4, 0.5) is 5.69 Å². The minimum absolute atomic E-state index is 0.293. The van der Waals surface area contributed by atoms with Crippen LogP contribution in [0.15, 0.2) is 24.3 Å². The van der Waals surface area contributed by atoms with Crippen LogP contribution in [0.5, 0.6) is 0 Å². The van der Waals surface area contributed by atoms with Gasteiger partial charge in [-0.2, -0.15) is 5.26 Å². The molecule has 19 heavy (non-hydrogen) atoms. The van der Waals surface area contributed by atoms with Crippen LogP contribution < -0.4 is 5.32 Å². The van der Waals surface area contributed by atoms with Gasteiger partial charge >= 0.3 is 0 Å². The molecule has 0 aromatic heterocycles. The molecule has 1 N–H and O–H groups in total. The number of hydrogen-bond acceptors (Lipinski definition) is 2. The lowest BCUT2D eigenvalue weighted by Gasteiger charge is -2.57. The normalized spacial score (nSPS) is 39.0. The first-order valence-corrected chi connectivity index (χ1v) is 7.54. The highest BCUT2D eigenvalue weighted by molar-refractivity contribution is 5.58. The summed E-state index contributed by atoms with van der Waals surface area (Å²) in [6.45, 7) is 0. The lowest BCUT2D eigenvalue weighted by molar-refractivity contribution is 0.0107. The number of nitrogens with zero attached hydrogens (tertiary/aromatic N) is 1. The van der Waals surface area contributed by atoms with E-state index in [-0.39, 0.29) is 0 Å². The van der Waals surface area contributed by atoms with E-state index in [2.05, 4.69) is 17.5 Å². The van der Waals surface area contributed by atoms with Crippen LogP contribution in [-0.4, -0.2) is 5.54 Å². The molecule has 4 aliphatic rings. The molecule has 2 nitrogen and oxygen atoms in total. The van der Waals surface area contributed by atoms with Gasteiger partial charge < -0.3 is 5.32 Å². The molecule has 4 fully saturated rings. The second-order valence-corrected chi connectivity index (χ2v) is 6.98. The Bertz CT molecular complexity index is 505. The van der Waals surface area contributed by atoms with E-state index >= 15 is 0 Å². The summed E-state index contributed by atoms with van der Waals surface area (Å²) >= 11 is 0. The molecule has 98 valence electrons. The van der Waals surface area contributed by atoms with Crippen molar-refractivity contribution in [1.82, 2.24) is 0 Å². The minimum Gasteiger partial charge on any atom is -0.379 e. The molecule has 0 amide bonds. The monoisotopic (exact) mass is 252 g/mol. The molecule has 2 heteroatoms. The van der Waals surface area contributed by atoms with E-state index < -0.39 is 0 Å². The lowest BCUT2D eigenvalue weighted by Crippen LogP contribution is -2.54. The van der Waals surface area contributed by atoms with Crippen molar-refractivity contribution in [1.29, 1.82) is 5.26 Å². The molecule has 4 saturated carbocycles. The molecule has 0 aliphatic heterocycles. The second kappa shape index (κ2) is 4.00. The Balaban J connectivity index is 1.64. The van der Waals surface area contributed by atoms with Crippen LogP contribution in [0.3, 0.4) is 0 Å². The van der Waals surface area contributed by atoms with Crippen LogP contribution >= 0.6 is 0 Å². The molecule has 0 unspecified atom stereocenters. The maximum Gasteiger partial charge on any atom is 0.101 e. The summed E-state index contributed by atoms with van der Waals surface area (Å²) in [5.41, 5.74) is 2.13. The van der Waals surface area contributed by atoms with Gasteiger partial charge in [-0.15, -0.1) is 0 Å². The molecule has 0 radical (unpaired) electrons. The first-order chi connectivity index (χ1) is 9.26. The molecule has 0 spiro atoms. The highest BCUT2D eigenvalue weighted by atomic mass is 15.0. The summed E-state index contributed by atoms with van der Waals surface area (Å²) in [5, 5.41) is 13.0. The van der Waals surface area contributed by atoms with E-state index in [9.17, 15) is 5.26 Å². The standard InChI is InChI=1S/C17H20N2/c18-11-15-3-1-2-4-16(15)19-17-8-12-5-13(9-17)7-14(6-12)10-17/h1-4,12-14,19H,5-10H2. The van der Waals surface area contributed by atoms with E-state index in [1.807, 2.05) is 18.2 Å². The highest BCUT2D eigenvalue weighted by Gasteiger charge is 2.50. The van der Waals surface area contributed by atoms with Gasteiger partial charge in [0.1, 0.15) is 6.07 Å². The van der Waals surface area contributed by atoms with Crippen molar-refractivity contribution in [3.63, 3.8) is 0 Å². The average molecular weight is 252 g/mol. The van der Waals surface area contributed by atoms with Crippen molar-refractivity contribution in [2.45, 2.75) is 44.1 Å². The van der Waals surface area contributed by atoms with Gasteiger partial charge in [0, 0.05) is 5.54 Å². The van der Waals surface area contributed by atoms with Gasteiger partial charge in [-0.1, -0.05) is 12.1 Å². The Kier molecular flexibility index (Phi) is 2.39. The lowest BCUT2D eigenvalue weighted by atomic mass is 9.53. The maximum absolute atomic E-state index is 9.24. The fourth-order valence-corrected chi connectivity index (χ4v) is 5.24. The SMILES string of the molecule is N#Cc1ccccc1NC12CC3CC(CC(C3)C1)C2. The van der Waals surface area contributed by atoms with Gasteiger partial charge in [0.15, 0.2) is 0 Å². The largest absolute Gasteiger partial charge is 0.379 e. The molecular weight excluding hydrogens is 232 g/mol. The predicted molar refractivity (Wildman–Crippen MR) is 75.7 cm³/mol. The average Bonchev–Trinajstić information content (AvgIpc) is 2.37. The van der Waals surface area contributed by atoms with E-state index in [1.54, 1.807) is 0 Å². The predicted octanol–water partition coefficient (Wildman–Crippen LogP) is 3.94. The Morgan fingerprint density at radius 2 is 1.58 bits per heavy atom. The summed E-state index contributed by atoms with van der Waals surface area (Å²) < 4.78 is 0. The fraction of sp³-hybridized carbons (Fsp3) is 0.588. The van der Waals surface area contributed by atoms with Crippen molar-refractivity contribution in [3.05, 3.63) is 29.8 Å². The molecule has 1 aromatic rings. The van der Waals surface area contributed by atoms with E-state index in [0.717, 1.165) is 29.0 Å². The van der Waals surface area contributed by atoms with Crippen molar-refractivity contribution >= 4 is 5.69 Å². The molecule has 0 atom stereocenters. The molecule has 0 heterocycles. The smallest absolute Gasteiger partial charge is 0.101 e. The van der Waals surface area contributed by atoms with Gasteiger partial charge in [0.05, 0.1) is 11.3 Å². The van der Waals surface area contributed by atoms with Crippen LogP contribution in [0.25, 0.3) is 0 Å². The Hall–Kier alpha value is -1.49. The van der Waals surface area contributed by atoms with Gasteiger partial charge in [-0.05, 0) is 68.4 Å². The molecule has 0 saturated heterocycles. The minimum atomic E-state index is 0.293. The quantitative estimate of drug-likeness (QED) is 0.865. The Labute approximate surface area is 114 Å². The highest BCUT2D eigenvalue weighted by Crippen LogP contribution is 2.56. The van der Waals surface area contributed by atoms with Crippen LogP contribution in [0.1, 0.15) is 44.1 Å². The summed E-state index contributed by atoms with van der Waals surface area (Å²) in [7, 11) is 0. The van der Waals surface area contributed by atoms with Gasteiger partial charge in [-0.25, -0.2) is 0 Å². The number of para-hydroxylation sites is 1. The maximum atomic E-state index is 9.24. The number of anilines is 1. The van der Waals surface area contributed by atoms with Crippen LogP contribution in [-0.2, 0) is 0 Å². The summed E-state index contributed by atoms with van der Waals surface area (Å²) in [5.74, 6) is 2.81. The second-order valence-electron chi connectivity index (χ2n) is 6.98. The van der Waals surface area contributed by atoms with Gasteiger partial charge in [0.2, 0.25) is 0 Å². The van der Waals surface area contributed by atoms with Crippen molar-refractivity contribution in [2.24, 2.45) is 17.8 Å². The third kappa shape index (κ3) is 1.84. The number of benzene rings is 1. The number of rotatable bonds is 2. The van der Waals surface area contributed by atoms with E-state index in [4.69, 9.17) is 0 Å². The Morgan fingerprint density at radius 3 is 2.16 bits per heavy atom. The number of hydrogen-bond donors (Lipinski definition) is 1. The zero-order chi connectivity index (χ0) is 12.9. The zero-order valence-electron chi connectivity index (χ0n) is 11.2. The van der Waals surface area contributed by atoms with E-state index in [0.29, 0.717) is 5.54 Å². The summed E-state index contributed by atoms with van der Waals surface area (Å²) in [6.07, 6.45) is 8.33. The van der Waals surface area contributed by atoms with Gasteiger partial charge in [0.25, 0.3) is 0 Å². The zero-order valence-corrected chi connectivity index (χ0v) is 11.2. The molecule has 4 aliphatic carbocycles. The first-order valence-electron chi connectivity index (χ1n) is 7.54. The summed E-state index contributed by atoms with van der Waals surface area (Å²) in [4.78, 5) is 0. The number of nitriles is 1. The fourth-order valence-electron chi connectivity index (χ4n) is 5.24. The first kappa shape index (κ1) is 11.3. The van der Waals surface area contributed by atoms with Crippen LogP contribution in [0, 0.1) is 29.1 Å². The summed E-state index contributed by atoms with van der Waals surface area (Å²) in [6, 6.07) is 10.3. The molecule has 4 bridgehead atoms. The van der Waals surface area contributed by atoms with Crippen molar-refractivity contribution < 1.29 is 0 Å². The topological polar surface area (TPSA) is 35.8 Å². The third-order valence-corrected chi connectivity index (χ3v) is 5.49. The van der Waals surface area contributed by atoms with Crippen LogP contribution in [0.2, 0.25) is 0 Å². The van der Waals surface area contributed by atoms with Crippen molar-refractivity contribution in [2.75, 3.05) is 5.32 Å². The van der Waals surface area contributed by atoms with Crippen molar-refractivity contribution in [3.8, 4) is 6.07 Å². The van der Waals surface area contributed by atoms with E-state index in [1.165, 1.54) is 38.5 Å². The molecule has 1 aromatic carbocycles. The Morgan fingerprint density at radius 1 is 1.00 bits per heavy atom. The third-order valence-electron chi connectivity index (χ3n) is 5.49. The number of nitrogens with one attached hydrogen (secondary N) is 1. The molecular formula is C17H20N2.